The minimum Gasteiger partial charge on any atom is -0.338 e. The van der Waals surface area contributed by atoms with E-state index >= 15 is 0 Å². The summed E-state index contributed by atoms with van der Waals surface area (Å²) in [6, 6.07) is 5.19. The van der Waals surface area contributed by atoms with Gasteiger partial charge in [-0.3, -0.25) is 10.1 Å². The van der Waals surface area contributed by atoms with Crippen LogP contribution in [0.25, 0.3) is 0 Å². The Labute approximate surface area is 156 Å². The van der Waals surface area contributed by atoms with Gasteiger partial charge in [-0.2, -0.15) is 4.31 Å². The smallest absolute Gasteiger partial charge is 0.245 e. The Bertz CT molecular complexity index is 939. The molecule has 1 atom stereocenters. The molecule has 0 saturated carbocycles. The summed E-state index contributed by atoms with van der Waals surface area (Å²) < 4.78 is 32.3. The summed E-state index contributed by atoms with van der Waals surface area (Å²) in [6.45, 7) is 0.303. The highest BCUT2D eigenvalue weighted by molar-refractivity contribution is 7.89. The molecule has 1 fully saturated rings. The van der Waals surface area contributed by atoms with Crippen molar-refractivity contribution in [2.75, 3.05) is 11.9 Å². The molecule has 1 aromatic carbocycles. The Balaban J connectivity index is 1.56. The molecule has 2 aliphatic rings. The van der Waals surface area contributed by atoms with Gasteiger partial charge in [0.05, 0.1) is 10.6 Å². The van der Waals surface area contributed by atoms with Crippen LogP contribution in [-0.4, -0.2) is 36.4 Å². The number of hydrogen-bond donors (Lipinski definition) is 1. The number of aromatic nitrogens is 1. The second kappa shape index (κ2) is 6.68. The van der Waals surface area contributed by atoms with Gasteiger partial charge in [-0.1, -0.05) is 16.8 Å². The third-order valence-corrected chi connectivity index (χ3v) is 7.05. The standard InChI is InChI=1S/C17H18ClN3O4S/c18-11-6-8-12(9-7-11)26(23,24)21-10-2-5-15(21)16(22)19-17-13-3-1-4-14(13)20-25-17/h6-9,15H,1-5,10H2,(H,19,22). The number of amides is 1. The fraction of sp³-hybridized carbons (Fsp3) is 0.412. The van der Waals surface area contributed by atoms with Crippen molar-refractivity contribution in [1.82, 2.24) is 9.46 Å². The highest BCUT2D eigenvalue weighted by atomic mass is 35.5. The lowest BCUT2D eigenvalue weighted by atomic mass is 10.2. The van der Waals surface area contributed by atoms with Gasteiger partial charge in [-0.25, -0.2) is 8.42 Å². The van der Waals surface area contributed by atoms with Gasteiger partial charge in [-0.05, 0) is 56.4 Å². The predicted octanol–water partition coefficient (Wildman–Crippen LogP) is 2.61. The van der Waals surface area contributed by atoms with E-state index in [4.69, 9.17) is 16.1 Å². The molecule has 7 nitrogen and oxygen atoms in total. The number of benzene rings is 1. The summed E-state index contributed by atoms with van der Waals surface area (Å²) in [5.74, 6) is -0.0378. The van der Waals surface area contributed by atoms with Crippen molar-refractivity contribution in [3.63, 3.8) is 0 Å². The number of nitrogens with zero attached hydrogens (tertiary/aromatic N) is 2. The van der Waals surface area contributed by atoms with Crippen LogP contribution in [0.3, 0.4) is 0 Å². The molecule has 2 heterocycles. The minimum atomic E-state index is -3.77. The van der Waals surface area contributed by atoms with Crippen molar-refractivity contribution in [2.24, 2.45) is 0 Å². The van der Waals surface area contributed by atoms with Crippen LogP contribution in [0.15, 0.2) is 33.7 Å². The molecular formula is C17H18ClN3O4S. The van der Waals surface area contributed by atoms with E-state index in [9.17, 15) is 13.2 Å². The van der Waals surface area contributed by atoms with Gasteiger partial charge >= 0.3 is 0 Å². The van der Waals surface area contributed by atoms with E-state index in [0.29, 0.717) is 30.3 Å². The monoisotopic (exact) mass is 395 g/mol. The topological polar surface area (TPSA) is 92.5 Å². The van der Waals surface area contributed by atoms with Gasteiger partial charge in [-0.15, -0.1) is 0 Å². The number of anilines is 1. The van der Waals surface area contributed by atoms with Crippen molar-refractivity contribution in [1.29, 1.82) is 0 Å². The first-order chi connectivity index (χ1) is 12.5. The molecule has 1 saturated heterocycles. The highest BCUT2D eigenvalue weighted by Crippen LogP contribution is 2.31. The van der Waals surface area contributed by atoms with Crippen LogP contribution in [0.2, 0.25) is 5.02 Å². The van der Waals surface area contributed by atoms with Crippen LogP contribution in [0.4, 0.5) is 5.88 Å². The average Bonchev–Trinajstić information content (AvgIpc) is 3.33. The lowest BCUT2D eigenvalue weighted by molar-refractivity contribution is -0.119. The molecule has 0 radical (unpaired) electrons. The maximum Gasteiger partial charge on any atom is 0.245 e. The van der Waals surface area contributed by atoms with Gasteiger partial charge < -0.3 is 4.52 Å². The van der Waals surface area contributed by atoms with Gasteiger partial charge in [0.1, 0.15) is 6.04 Å². The number of nitrogens with one attached hydrogen (secondary N) is 1. The molecule has 138 valence electrons. The first kappa shape index (κ1) is 17.5. The molecule has 4 rings (SSSR count). The van der Waals surface area contributed by atoms with E-state index in [1.807, 2.05) is 0 Å². The first-order valence-corrected chi connectivity index (χ1v) is 10.3. The number of carbonyl (C=O) groups is 1. The van der Waals surface area contributed by atoms with Crippen molar-refractivity contribution in [3.05, 3.63) is 40.5 Å². The molecular weight excluding hydrogens is 378 g/mol. The SMILES string of the molecule is O=C(Nc1onc2c1CCC2)C1CCCN1S(=O)(=O)c1ccc(Cl)cc1. The summed E-state index contributed by atoms with van der Waals surface area (Å²) in [6.07, 6.45) is 3.73. The van der Waals surface area contributed by atoms with Crippen LogP contribution in [0.1, 0.15) is 30.5 Å². The van der Waals surface area contributed by atoms with Crippen LogP contribution >= 0.6 is 11.6 Å². The van der Waals surface area contributed by atoms with Crippen LogP contribution < -0.4 is 5.32 Å². The minimum absolute atomic E-state index is 0.127. The zero-order chi connectivity index (χ0) is 18.3. The zero-order valence-corrected chi connectivity index (χ0v) is 15.5. The molecule has 1 aromatic heterocycles. The summed E-state index contributed by atoms with van der Waals surface area (Å²) in [5.41, 5.74) is 1.79. The van der Waals surface area contributed by atoms with Crippen molar-refractivity contribution in [3.8, 4) is 0 Å². The lowest BCUT2D eigenvalue weighted by Gasteiger charge is -2.23. The predicted molar refractivity (Wildman–Crippen MR) is 95.5 cm³/mol. The van der Waals surface area contributed by atoms with Gasteiger partial charge in [0.15, 0.2) is 0 Å². The maximum absolute atomic E-state index is 12.9. The second-order valence-corrected chi connectivity index (χ2v) is 8.83. The summed E-state index contributed by atoms with van der Waals surface area (Å²) in [5, 5.41) is 7.15. The number of aryl methyl sites for hydroxylation is 1. The molecule has 26 heavy (non-hydrogen) atoms. The molecule has 0 bridgehead atoms. The summed E-state index contributed by atoms with van der Waals surface area (Å²) in [4.78, 5) is 12.9. The van der Waals surface area contributed by atoms with Crippen LogP contribution in [-0.2, 0) is 27.7 Å². The number of fused-ring (bicyclic) bond motifs is 1. The number of halogens is 1. The van der Waals surface area contributed by atoms with E-state index in [0.717, 1.165) is 30.5 Å². The third kappa shape index (κ3) is 3.02. The lowest BCUT2D eigenvalue weighted by Crippen LogP contribution is -2.43. The van der Waals surface area contributed by atoms with E-state index in [1.165, 1.54) is 28.6 Å². The molecule has 1 N–H and O–H groups in total. The molecule has 2 aromatic rings. The Hall–Kier alpha value is -1.90. The molecule has 1 aliphatic heterocycles. The number of sulfonamides is 1. The zero-order valence-electron chi connectivity index (χ0n) is 13.9. The Morgan fingerprint density at radius 2 is 2.00 bits per heavy atom. The van der Waals surface area contributed by atoms with E-state index < -0.39 is 16.1 Å². The second-order valence-electron chi connectivity index (χ2n) is 6.51. The molecule has 0 spiro atoms. The van der Waals surface area contributed by atoms with E-state index in [1.54, 1.807) is 0 Å². The van der Waals surface area contributed by atoms with E-state index in [-0.39, 0.29) is 10.8 Å². The number of hydrogen-bond acceptors (Lipinski definition) is 5. The molecule has 1 aliphatic carbocycles. The first-order valence-electron chi connectivity index (χ1n) is 8.52. The quantitative estimate of drug-likeness (QED) is 0.858. The van der Waals surface area contributed by atoms with Crippen molar-refractivity contribution in [2.45, 2.75) is 43.0 Å². The van der Waals surface area contributed by atoms with E-state index in [2.05, 4.69) is 10.5 Å². The van der Waals surface area contributed by atoms with Crippen molar-refractivity contribution >= 4 is 33.4 Å². The van der Waals surface area contributed by atoms with Crippen LogP contribution in [0.5, 0.6) is 0 Å². The molecule has 1 amide bonds. The van der Waals surface area contributed by atoms with Gasteiger partial charge in [0, 0.05) is 17.1 Å². The summed E-state index contributed by atoms with van der Waals surface area (Å²) in [7, 11) is -3.77. The highest BCUT2D eigenvalue weighted by Gasteiger charge is 2.40. The fourth-order valence-corrected chi connectivity index (χ4v) is 5.34. The largest absolute Gasteiger partial charge is 0.338 e. The van der Waals surface area contributed by atoms with Gasteiger partial charge in [0.2, 0.25) is 21.8 Å². The number of carbonyl (C=O) groups excluding carboxylic acids is 1. The Kier molecular flexibility index (Phi) is 4.50. The molecule has 9 heteroatoms. The molecule has 1 unspecified atom stereocenters. The number of rotatable bonds is 4. The Morgan fingerprint density at radius 3 is 2.77 bits per heavy atom. The Morgan fingerprint density at radius 1 is 1.23 bits per heavy atom. The normalized spacial score (nSPS) is 20.3. The fourth-order valence-electron chi connectivity index (χ4n) is 3.55. The van der Waals surface area contributed by atoms with Crippen LogP contribution in [0, 0.1) is 0 Å². The van der Waals surface area contributed by atoms with Gasteiger partial charge in [0.25, 0.3) is 0 Å². The maximum atomic E-state index is 12.9. The third-order valence-electron chi connectivity index (χ3n) is 4.87. The van der Waals surface area contributed by atoms with Crippen molar-refractivity contribution < 1.29 is 17.7 Å². The summed E-state index contributed by atoms with van der Waals surface area (Å²) >= 11 is 5.84. The average molecular weight is 396 g/mol.